The first kappa shape index (κ1) is 15.1. The number of nitrogens with one attached hydrogen (secondary N) is 1. The van der Waals surface area contributed by atoms with Crippen molar-refractivity contribution in [2.24, 2.45) is 5.73 Å². The average Bonchev–Trinajstić information content (AvgIpc) is 2.22. The van der Waals surface area contributed by atoms with Crippen molar-refractivity contribution in [3.8, 4) is 0 Å². The summed E-state index contributed by atoms with van der Waals surface area (Å²) in [6, 6.07) is -0.863. The molecule has 94 valence electrons. The van der Waals surface area contributed by atoms with Gasteiger partial charge in [-0.15, -0.1) is 0 Å². The topological polar surface area (TPSA) is 109 Å². The lowest BCUT2D eigenvalue weighted by Gasteiger charge is -2.33. The van der Waals surface area contributed by atoms with E-state index in [1.807, 2.05) is 0 Å². The van der Waals surface area contributed by atoms with Gasteiger partial charge in [-0.05, 0) is 18.9 Å². The highest BCUT2D eigenvalue weighted by Crippen LogP contribution is 2.21. The molecule has 0 aromatic rings. The molecule has 0 bridgehead atoms. The number of hydrogen-bond acceptors (Lipinski definition) is 4. The second-order valence-corrected chi connectivity index (χ2v) is 5.17. The van der Waals surface area contributed by atoms with Crippen LogP contribution in [0, 0.1) is 0 Å². The Balaban J connectivity index is 5.19. The monoisotopic (exact) mass is 250 g/mol. The van der Waals surface area contributed by atoms with Crippen LogP contribution in [0.2, 0.25) is 0 Å². The molecule has 6 nitrogen and oxygen atoms in total. The van der Waals surface area contributed by atoms with Crippen LogP contribution in [0.15, 0.2) is 12.7 Å². The van der Waals surface area contributed by atoms with Crippen LogP contribution < -0.4 is 11.1 Å². The maximum atomic E-state index is 11.2. The predicted molar refractivity (Wildman–Crippen MR) is 61.2 cm³/mol. The van der Waals surface area contributed by atoms with Gasteiger partial charge in [0.1, 0.15) is 0 Å². The van der Waals surface area contributed by atoms with Crippen molar-refractivity contribution in [2.75, 3.05) is 0 Å². The summed E-state index contributed by atoms with van der Waals surface area (Å²) < 4.78 is 31.5. The summed E-state index contributed by atoms with van der Waals surface area (Å²) in [5.41, 5.74) is 5.65. The molecule has 0 rings (SSSR count). The van der Waals surface area contributed by atoms with Crippen LogP contribution in [0.1, 0.15) is 26.7 Å². The van der Waals surface area contributed by atoms with Gasteiger partial charge in [0, 0.05) is 0 Å². The Hall–Kier alpha value is -0.920. The first-order valence-electron chi connectivity index (χ1n) is 4.91. The van der Waals surface area contributed by atoms with Gasteiger partial charge < -0.3 is 11.1 Å². The van der Waals surface area contributed by atoms with E-state index in [1.165, 1.54) is 6.92 Å². The van der Waals surface area contributed by atoms with Crippen LogP contribution in [0.4, 0.5) is 0 Å². The van der Waals surface area contributed by atoms with Gasteiger partial charge in [0.25, 0.3) is 10.1 Å². The lowest BCUT2D eigenvalue weighted by atomic mass is 10.0. The molecule has 0 aliphatic carbocycles. The fraction of sp³-hybridized carbons (Fsp3) is 0.667. The van der Waals surface area contributed by atoms with E-state index in [1.54, 1.807) is 6.92 Å². The van der Waals surface area contributed by atoms with Crippen molar-refractivity contribution in [3.63, 3.8) is 0 Å². The zero-order valence-electron chi connectivity index (χ0n) is 9.43. The first-order chi connectivity index (χ1) is 7.22. The fourth-order valence-corrected chi connectivity index (χ4v) is 2.36. The molecule has 0 saturated heterocycles. The molecule has 0 spiro atoms. The molecule has 0 heterocycles. The van der Waals surface area contributed by atoms with Crippen LogP contribution in [0.5, 0.6) is 0 Å². The molecule has 0 fully saturated rings. The van der Waals surface area contributed by atoms with E-state index in [0.29, 0.717) is 0 Å². The Morgan fingerprint density at radius 2 is 2.12 bits per heavy atom. The molecule has 2 atom stereocenters. The Morgan fingerprint density at radius 1 is 1.62 bits per heavy atom. The van der Waals surface area contributed by atoms with E-state index < -0.39 is 26.9 Å². The number of hydrogen-bond donors (Lipinski definition) is 3. The molecule has 16 heavy (non-hydrogen) atoms. The SMILES string of the molecule is C=CC(=O)NC(CC)C(N)(CC)S(=O)(=O)O. The number of carbonyl (C=O) groups excluding carboxylic acids is 1. The Labute approximate surface area is 95.6 Å². The van der Waals surface area contributed by atoms with Crippen LogP contribution in [-0.4, -0.2) is 29.8 Å². The zero-order chi connectivity index (χ0) is 13.0. The van der Waals surface area contributed by atoms with Gasteiger partial charge in [0.05, 0.1) is 6.04 Å². The van der Waals surface area contributed by atoms with E-state index in [-0.39, 0.29) is 12.8 Å². The van der Waals surface area contributed by atoms with Gasteiger partial charge >= 0.3 is 0 Å². The molecular weight excluding hydrogens is 232 g/mol. The summed E-state index contributed by atoms with van der Waals surface area (Å²) in [7, 11) is -4.45. The summed E-state index contributed by atoms with van der Waals surface area (Å²) in [5.74, 6) is -0.529. The quantitative estimate of drug-likeness (QED) is 0.455. The Bertz CT molecular complexity index is 366. The highest BCUT2D eigenvalue weighted by Gasteiger charge is 2.44. The molecule has 7 heteroatoms. The summed E-state index contributed by atoms with van der Waals surface area (Å²) in [5, 5.41) is 2.39. The molecule has 0 saturated carbocycles. The van der Waals surface area contributed by atoms with E-state index in [4.69, 9.17) is 10.3 Å². The smallest absolute Gasteiger partial charge is 0.285 e. The van der Waals surface area contributed by atoms with E-state index in [2.05, 4.69) is 11.9 Å². The Kier molecular flexibility index (Phi) is 5.11. The molecular formula is C9H18N2O4S. The summed E-state index contributed by atoms with van der Waals surface area (Å²) in [6.45, 7) is 6.44. The highest BCUT2D eigenvalue weighted by molar-refractivity contribution is 7.87. The minimum atomic E-state index is -4.45. The van der Waals surface area contributed by atoms with Crippen LogP contribution in [-0.2, 0) is 14.9 Å². The van der Waals surface area contributed by atoms with Gasteiger partial charge in [-0.2, -0.15) is 8.42 Å². The summed E-state index contributed by atoms with van der Waals surface area (Å²) in [4.78, 5) is 9.23. The molecule has 0 aromatic carbocycles. The summed E-state index contributed by atoms with van der Waals surface area (Å²) in [6.07, 6.45) is 1.29. The molecule has 0 radical (unpaired) electrons. The Morgan fingerprint density at radius 3 is 2.38 bits per heavy atom. The van der Waals surface area contributed by atoms with Gasteiger partial charge in [0.2, 0.25) is 5.91 Å². The normalized spacial score (nSPS) is 17.2. The molecule has 2 unspecified atom stereocenters. The maximum Gasteiger partial charge on any atom is 0.285 e. The predicted octanol–water partition coefficient (Wildman–Crippen LogP) is 0.0200. The van der Waals surface area contributed by atoms with E-state index in [9.17, 15) is 13.2 Å². The fourth-order valence-electron chi connectivity index (χ4n) is 1.41. The average molecular weight is 250 g/mol. The third-order valence-corrected chi connectivity index (χ3v) is 4.07. The third-order valence-electron chi connectivity index (χ3n) is 2.53. The standard InChI is InChI=1S/C9H18N2O4S/c1-4-7(11-8(12)5-2)9(10,6-3)16(13,14)15/h5,7H,2,4,6,10H2,1,3H3,(H,11,12)(H,13,14,15). The third kappa shape index (κ3) is 3.03. The van der Waals surface area contributed by atoms with Crippen molar-refractivity contribution in [1.82, 2.24) is 5.32 Å². The first-order valence-corrected chi connectivity index (χ1v) is 6.35. The lowest BCUT2D eigenvalue weighted by Crippen LogP contribution is -2.62. The number of nitrogens with two attached hydrogens (primary N) is 1. The van der Waals surface area contributed by atoms with Gasteiger partial charge in [0.15, 0.2) is 4.87 Å². The van der Waals surface area contributed by atoms with Crippen molar-refractivity contribution in [3.05, 3.63) is 12.7 Å². The zero-order valence-corrected chi connectivity index (χ0v) is 10.3. The van der Waals surface area contributed by atoms with Gasteiger partial charge in [-0.1, -0.05) is 20.4 Å². The summed E-state index contributed by atoms with van der Waals surface area (Å²) >= 11 is 0. The van der Waals surface area contributed by atoms with Crippen molar-refractivity contribution >= 4 is 16.0 Å². The van der Waals surface area contributed by atoms with Crippen LogP contribution >= 0.6 is 0 Å². The molecule has 4 N–H and O–H groups in total. The van der Waals surface area contributed by atoms with Gasteiger partial charge in [-0.25, -0.2) is 0 Å². The van der Waals surface area contributed by atoms with E-state index >= 15 is 0 Å². The second-order valence-electron chi connectivity index (χ2n) is 3.46. The molecule has 0 aromatic heterocycles. The molecule has 1 amide bonds. The lowest BCUT2D eigenvalue weighted by molar-refractivity contribution is -0.117. The maximum absolute atomic E-state index is 11.2. The minimum Gasteiger partial charge on any atom is -0.347 e. The second kappa shape index (κ2) is 5.42. The molecule has 0 aliphatic rings. The van der Waals surface area contributed by atoms with Crippen LogP contribution in [0.25, 0.3) is 0 Å². The van der Waals surface area contributed by atoms with Crippen molar-refractivity contribution in [1.29, 1.82) is 0 Å². The van der Waals surface area contributed by atoms with Crippen molar-refractivity contribution < 1.29 is 17.8 Å². The van der Waals surface area contributed by atoms with Crippen LogP contribution in [0.3, 0.4) is 0 Å². The largest absolute Gasteiger partial charge is 0.347 e. The minimum absolute atomic E-state index is 0.0121. The van der Waals surface area contributed by atoms with Gasteiger partial charge in [-0.3, -0.25) is 9.35 Å². The highest BCUT2D eigenvalue weighted by atomic mass is 32.2. The number of rotatable bonds is 6. The molecule has 0 aliphatic heterocycles. The number of carbonyl (C=O) groups is 1. The van der Waals surface area contributed by atoms with Crippen molar-refractivity contribution in [2.45, 2.75) is 37.6 Å². The number of amides is 1. The van der Waals surface area contributed by atoms with E-state index in [0.717, 1.165) is 6.08 Å².